The molecule has 314 valence electrons. The van der Waals surface area contributed by atoms with Crippen LogP contribution in [0.15, 0.2) is 0 Å². The van der Waals surface area contributed by atoms with Crippen LogP contribution in [0, 0.1) is 11.8 Å². The van der Waals surface area contributed by atoms with Gasteiger partial charge in [-0.3, -0.25) is 14.4 Å². The van der Waals surface area contributed by atoms with Gasteiger partial charge in [0.15, 0.2) is 6.10 Å². The number of carbonyl (C=O) groups is 3. The molecule has 0 heterocycles. The zero-order valence-electron chi connectivity index (χ0n) is 36.1. The van der Waals surface area contributed by atoms with Gasteiger partial charge in [0, 0.05) is 19.3 Å². The molecule has 2 atom stereocenters. The van der Waals surface area contributed by atoms with Crippen LogP contribution in [-0.2, 0) is 28.6 Å². The van der Waals surface area contributed by atoms with Crippen molar-refractivity contribution in [2.75, 3.05) is 13.2 Å². The molecule has 0 N–H and O–H groups in total. The monoisotopic (exact) mass is 751 g/mol. The summed E-state index contributed by atoms with van der Waals surface area (Å²) in [7, 11) is 0. The topological polar surface area (TPSA) is 78.9 Å². The van der Waals surface area contributed by atoms with Crippen molar-refractivity contribution in [1.29, 1.82) is 0 Å². The molecule has 53 heavy (non-hydrogen) atoms. The number of ether oxygens (including phenoxy) is 3. The minimum Gasteiger partial charge on any atom is -0.462 e. The second-order valence-electron chi connectivity index (χ2n) is 16.8. The standard InChI is InChI=1S/C47H90O6/c1-6-8-9-10-11-12-13-16-22-27-32-37-45(48)51-40-44(53-47(50)39-34-29-24-17-14-15-20-25-30-35-42(3)4)41-52-46(49)38-33-28-23-19-18-21-26-31-36-43(5)7-2/h42-44H,6-41H2,1-5H3/t43?,44-/m1/s1. The van der Waals surface area contributed by atoms with Crippen LogP contribution in [0.2, 0.25) is 0 Å². The average Bonchev–Trinajstić information content (AvgIpc) is 3.14. The molecule has 0 aromatic heterocycles. The molecule has 0 aliphatic heterocycles. The molecule has 0 bridgehead atoms. The van der Waals surface area contributed by atoms with Crippen molar-refractivity contribution < 1.29 is 28.6 Å². The summed E-state index contributed by atoms with van der Waals surface area (Å²) in [5.74, 6) is 0.795. The SMILES string of the molecule is CCCCCCCCCCCCCC(=O)OC[C@H](COC(=O)CCCCCCCCCCC(C)CC)OC(=O)CCCCCCCCCCCC(C)C. The molecular weight excluding hydrogens is 661 g/mol. The van der Waals surface area contributed by atoms with Gasteiger partial charge in [0.1, 0.15) is 13.2 Å². The normalized spacial score (nSPS) is 12.6. The highest BCUT2D eigenvalue weighted by molar-refractivity contribution is 5.71. The molecule has 0 amide bonds. The number of unbranched alkanes of at least 4 members (excludes halogenated alkanes) is 25. The first-order chi connectivity index (χ1) is 25.8. The van der Waals surface area contributed by atoms with Crippen LogP contribution in [0.1, 0.15) is 253 Å². The molecular formula is C47H90O6. The molecule has 6 nitrogen and oxygen atoms in total. The van der Waals surface area contributed by atoms with Gasteiger partial charge >= 0.3 is 17.9 Å². The Hall–Kier alpha value is -1.59. The van der Waals surface area contributed by atoms with Gasteiger partial charge in [-0.25, -0.2) is 0 Å². The summed E-state index contributed by atoms with van der Waals surface area (Å²) in [6.45, 7) is 11.3. The van der Waals surface area contributed by atoms with E-state index in [0.29, 0.717) is 19.3 Å². The maximum Gasteiger partial charge on any atom is 0.306 e. The molecule has 0 aliphatic carbocycles. The maximum absolute atomic E-state index is 12.7. The fourth-order valence-corrected chi connectivity index (χ4v) is 6.90. The summed E-state index contributed by atoms with van der Waals surface area (Å²) in [5, 5.41) is 0. The van der Waals surface area contributed by atoms with Crippen LogP contribution in [0.3, 0.4) is 0 Å². The van der Waals surface area contributed by atoms with E-state index in [-0.39, 0.29) is 31.1 Å². The highest BCUT2D eigenvalue weighted by Crippen LogP contribution is 2.17. The Balaban J connectivity index is 4.35. The number of rotatable bonds is 41. The molecule has 0 rings (SSSR count). The van der Waals surface area contributed by atoms with Gasteiger partial charge in [0.2, 0.25) is 0 Å². The molecule has 0 saturated heterocycles. The van der Waals surface area contributed by atoms with Crippen LogP contribution < -0.4 is 0 Å². The van der Waals surface area contributed by atoms with Crippen molar-refractivity contribution in [2.45, 2.75) is 259 Å². The molecule has 0 fully saturated rings. The Bertz CT molecular complexity index is 811. The van der Waals surface area contributed by atoms with Crippen molar-refractivity contribution in [3.8, 4) is 0 Å². The molecule has 0 aromatic carbocycles. The average molecular weight is 751 g/mol. The van der Waals surface area contributed by atoms with E-state index in [1.807, 2.05) is 0 Å². The zero-order valence-corrected chi connectivity index (χ0v) is 36.1. The summed E-state index contributed by atoms with van der Waals surface area (Å²) < 4.78 is 16.7. The van der Waals surface area contributed by atoms with Gasteiger partial charge in [-0.1, -0.05) is 214 Å². The fraction of sp³-hybridized carbons (Fsp3) is 0.936. The van der Waals surface area contributed by atoms with Crippen molar-refractivity contribution in [3.63, 3.8) is 0 Å². The van der Waals surface area contributed by atoms with Gasteiger partial charge < -0.3 is 14.2 Å². The summed E-state index contributed by atoms with van der Waals surface area (Å²) in [6, 6.07) is 0. The lowest BCUT2D eigenvalue weighted by atomic mass is 9.99. The van der Waals surface area contributed by atoms with Gasteiger partial charge in [-0.05, 0) is 31.1 Å². The molecule has 0 spiro atoms. The number of carbonyl (C=O) groups excluding carboxylic acids is 3. The minimum atomic E-state index is -0.760. The van der Waals surface area contributed by atoms with E-state index in [0.717, 1.165) is 69.6 Å². The van der Waals surface area contributed by atoms with E-state index in [4.69, 9.17) is 14.2 Å². The Morgan fingerprint density at radius 1 is 0.396 bits per heavy atom. The molecule has 0 aliphatic rings. The summed E-state index contributed by atoms with van der Waals surface area (Å²) in [5.41, 5.74) is 0. The van der Waals surface area contributed by atoms with Crippen LogP contribution in [0.4, 0.5) is 0 Å². The van der Waals surface area contributed by atoms with Gasteiger partial charge in [0.05, 0.1) is 0 Å². The van der Waals surface area contributed by atoms with Gasteiger partial charge in [-0.15, -0.1) is 0 Å². The van der Waals surface area contributed by atoms with Crippen LogP contribution in [0.5, 0.6) is 0 Å². The van der Waals surface area contributed by atoms with E-state index in [2.05, 4.69) is 34.6 Å². The van der Waals surface area contributed by atoms with Crippen molar-refractivity contribution in [2.24, 2.45) is 11.8 Å². The lowest BCUT2D eigenvalue weighted by molar-refractivity contribution is -0.167. The molecule has 0 saturated carbocycles. The predicted octanol–water partition coefficient (Wildman–Crippen LogP) is 14.6. The van der Waals surface area contributed by atoms with Crippen LogP contribution >= 0.6 is 0 Å². The zero-order chi connectivity index (χ0) is 39.0. The van der Waals surface area contributed by atoms with E-state index >= 15 is 0 Å². The second-order valence-corrected chi connectivity index (χ2v) is 16.8. The Morgan fingerprint density at radius 3 is 1.08 bits per heavy atom. The van der Waals surface area contributed by atoms with Gasteiger partial charge in [-0.2, -0.15) is 0 Å². The van der Waals surface area contributed by atoms with Crippen LogP contribution in [-0.4, -0.2) is 37.2 Å². The number of hydrogen-bond donors (Lipinski definition) is 0. The first kappa shape index (κ1) is 51.4. The summed E-state index contributed by atoms with van der Waals surface area (Å²) in [4.78, 5) is 37.7. The summed E-state index contributed by atoms with van der Waals surface area (Å²) in [6.07, 6.45) is 37.9. The number of hydrogen-bond acceptors (Lipinski definition) is 6. The Kier molecular flexibility index (Phi) is 38.9. The largest absolute Gasteiger partial charge is 0.462 e. The van der Waals surface area contributed by atoms with Crippen LogP contribution in [0.25, 0.3) is 0 Å². The first-order valence-corrected chi connectivity index (χ1v) is 23.3. The third kappa shape index (κ3) is 39.9. The molecule has 1 unspecified atom stereocenters. The van der Waals surface area contributed by atoms with E-state index in [1.54, 1.807) is 0 Å². The van der Waals surface area contributed by atoms with Crippen molar-refractivity contribution >= 4 is 17.9 Å². The first-order valence-electron chi connectivity index (χ1n) is 23.3. The number of esters is 3. The highest BCUT2D eigenvalue weighted by Gasteiger charge is 2.19. The fourth-order valence-electron chi connectivity index (χ4n) is 6.90. The van der Waals surface area contributed by atoms with E-state index < -0.39 is 6.10 Å². The maximum atomic E-state index is 12.7. The van der Waals surface area contributed by atoms with Gasteiger partial charge in [0.25, 0.3) is 0 Å². The predicted molar refractivity (Wildman–Crippen MR) is 224 cm³/mol. The third-order valence-corrected chi connectivity index (χ3v) is 10.8. The lowest BCUT2D eigenvalue weighted by Gasteiger charge is -2.18. The van der Waals surface area contributed by atoms with Crippen molar-refractivity contribution in [3.05, 3.63) is 0 Å². The molecule has 6 heteroatoms. The van der Waals surface area contributed by atoms with E-state index in [1.165, 1.54) is 141 Å². The lowest BCUT2D eigenvalue weighted by Crippen LogP contribution is -2.30. The Morgan fingerprint density at radius 2 is 0.717 bits per heavy atom. The molecule has 0 aromatic rings. The highest BCUT2D eigenvalue weighted by atomic mass is 16.6. The summed E-state index contributed by atoms with van der Waals surface area (Å²) >= 11 is 0. The Labute approximate surface area is 329 Å². The van der Waals surface area contributed by atoms with E-state index in [9.17, 15) is 14.4 Å². The molecule has 0 radical (unpaired) electrons. The van der Waals surface area contributed by atoms with Crippen molar-refractivity contribution in [1.82, 2.24) is 0 Å². The quantitative estimate of drug-likeness (QED) is 0.0352. The third-order valence-electron chi connectivity index (χ3n) is 10.8. The minimum absolute atomic E-state index is 0.0651. The smallest absolute Gasteiger partial charge is 0.306 e. The second kappa shape index (κ2) is 40.1.